The van der Waals surface area contributed by atoms with Crippen LogP contribution in [0.5, 0.6) is 5.75 Å². The molecular weight excluding hydrogens is 650 g/mol. The van der Waals surface area contributed by atoms with Crippen molar-refractivity contribution in [1.29, 1.82) is 0 Å². The zero-order valence-electron chi connectivity index (χ0n) is 27.4. The van der Waals surface area contributed by atoms with Crippen LogP contribution in [0.2, 0.25) is 0 Å². The smallest absolute Gasteiger partial charge is 0.416 e. The first kappa shape index (κ1) is 34.3. The van der Waals surface area contributed by atoms with E-state index in [4.69, 9.17) is 19.9 Å². The summed E-state index contributed by atoms with van der Waals surface area (Å²) in [5, 5.41) is 31.4. The number of nitrogens with one attached hydrogen (secondary N) is 1. The van der Waals surface area contributed by atoms with E-state index in [1.165, 1.54) is 15.5 Å². The van der Waals surface area contributed by atoms with Gasteiger partial charge in [-0.2, -0.15) is 0 Å². The molecular formula is C33H35N9O8. The van der Waals surface area contributed by atoms with E-state index < -0.39 is 23.7 Å². The molecule has 1 fully saturated rings. The van der Waals surface area contributed by atoms with Gasteiger partial charge in [-0.15, -0.1) is 5.10 Å². The van der Waals surface area contributed by atoms with Gasteiger partial charge in [0.25, 0.3) is 5.56 Å². The number of H-pyrrole nitrogens is 1. The third-order valence-corrected chi connectivity index (χ3v) is 8.28. The van der Waals surface area contributed by atoms with Gasteiger partial charge in [0.05, 0.1) is 36.2 Å². The molecule has 1 aliphatic rings. The summed E-state index contributed by atoms with van der Waals surface area (Å²) in [6.07, 6.45) is 0.989. The van der Waals surface area contributed by atoms with E-state index >= 15 is 0 Å². The van der Waals surface area contributed by atoms with Crippen LogP contribution < -0.4 is 10.3 Å². The lowest BCUT2D eigenvalue weighted by Crippen LogP contribution is -2.43. The van der Waals surface area contributed by atoms with Gasteiger partial charge in [0, 0.05) is 18.2 Å². The molecule has 0 bridgehead atoms. The van der Waals surface area contributed by atoms with Crippen LogP contribution in [0.4, 0.5) is 4.79 Å². The topological polar surface area (TPSA) is 211 Å². The second-order valence-corrected chi connectivity index (χ2v) is 11.7. The monoisotopic (exact) mass is 685 g/mol. The lowest BCUT2D eigenvalue weighted by molar-refractivity contribution is -0.492. The number of hydrogen-bond donors (Lipinski definition) is 3. The standard InChI is InChI=1S/C33H35N9O8/c1-20-29-27(50-33(45)40-15-7-10-26(40)32(44)48-16-5-6-17-49-42(46)47)18-28(43)41(31(29)35-21(2)34-20)19-22-11-13-23(14-12-22)24-8-3-4-9-25(24)30-36-38-39-37-30/h3-4,8-9,11-14,18,26,46-47H,5-7,10,15-17,19H2,1-2H3,(H,36,37,38,39). The molecule has 0 aliphatic carbocycles. The number of fused-ring (bicyclic) bond motifs is 1. The van der Waals surface area contributed by atoms with Crippen molar-refractivity contribution >= 4 is 23.1 Å². The number of rotatable bonds is 12. The summed E-state index contributed by atoms with van der Waals surface area (Å²) < 4.78 is 12.6. The number of ether oxygens (including phenoxy) is 2. The van der Waals surface area contributed by atoms with Crippen LogP contribution in [-0.2, 0) is 20.9 Å². The number of amides is 1. The first-order valence-corrected chi connectivity index (χ1v) is 16.0. The number of aromatic amines is 1. The molecule has 4 heterocycles. The molecule has 0 saturated carbocycles. The number of carbonyl (C=O) groups is 2. The van der Waals surface area contributed by atoms with Crippen molar-refractivity contribution in [1.82, 2.24) is 45.4 Å². The summed E-state index contributed by atoms with van der Waals surface area (Å²) in [7, 11) is 0. The Morgan fingerprint density at radius 1 is 1.02 bits per heavy atom. The van der Waals surface area contributed by atoms with Crippen molar-refractivity contribution < 1.29 is 34.3 Å². The Morgan fingerprint density at radius 2 is 1.78 bits per heavy atom. The van der Waals surface area contributed by atoms with Gasteiger partial charge in [-0.05, 0) is 66.6 Å². The van der Waals surface area contributed by atoms with E-state index in [9.17, 15) is 14.4 Å². The third kappa shape index (κ3) is 7.65. The number of aromatic nitrogens is 7. The normalized spacial score (nSPS) is 14.4. The van der Waals surface area contributed by atoms with Gasteiger partial charge in [0.2, 0.25) is 0 Å². The minimum absolute atomic E-state index is 0.00145. The predicted molar refractivity (Wildman–Crippen MR) is 175 cm³/mol. The molecule has 2 aromatic carbocycles. The second-order valence-electron chi connectivity index (χ2n) is 11.7. The van der Waals surface area contributed by atoms with E-state index in [0.29, 0.717) is 54.1 Å². The number of unbranched alkanes of at least 4 members (excludes halogenated alkanes) is 1. The van der Waals surface area contributed by atoms with E-state index in [0.717, 1.165) is 22.3 Å². The number of tetrazole rings is 1. The highest BCUT2D eigenvalue weighted by Gasteiger charge is 2.37. The molecule has 5 aromatic rings. The molecule has 50 heavy (non-hydrogen) atoms. The molecule has 1 saturated heterocycles. The second kappa shape index (κ2) is 15.3. The number of nitrogens with zero attached hydrogens (tertiary/aromatic N) is 8. The number of benzene rings is 2. The molecule has 1 unspecified atom stereocenters. The van der Waals surface area contributed by atoms with Crippen molar-refractivity contribution in [2.45, 2.75) is 52.1 Å². The van der Waals surface area contributed by atoms with Gasteiger partial charge in [0.1, 0.15) is 11.9 Å². The van der Waals surface area contributed by atoms with Gasteiger partial charge in [-0.3, -0.25) is 29.5 Å². The van der Waals surface area contributed by atoms with E-state index in [1.54, 1.807) is 13.8 Å². The van der Waals surface area contributed by atoms with Crippen LogP contribution in [0.25, 0.3) is 33.5 Å². The van der Waals surface area contributed by atoms with Crippen molar-refractivity contribution in [3.05, 3.63) is 82.0 Å². The van der Waals surface area contributed by atoms with Crippen LogP contribution in [0, 0.1) is 13.8 Å². The fourth-order valence-corrected chi connectivity index (χ4v) is 5.97. The maximum absolute atomic E-state index is 13.6. The lowest BCUT2D eigenvalue weighted by Gasteiger charge is -2.23. The maximum Gasteiger partial charge on any atom is 0.416 e. The highest BCUT2D eigenvalue weighted by atomic mass is 17.1. The predicted octanol–water partition coefficient (Wildman–Crippen LogP) is 3.60. The average molecular weight is 686 g/mol. The summed E-state index contributed by atoms with van der Waals surface area (Å²) in [5.74, 6) is 0.414. The number of esters is 1. The molecule has 17 heteroatoms. The summed E-state index contributed by atoms with van der Waals surface area (Å²) in [6.45, 7) is 4.02. The van der Waals surface area contributed by atoms with Crippen molar-refractivity contribution in [2.75, 3.05) is 19.8 Å². The molecule has 1 aliphatic heterocycles. The highest BCUT2D eigenvalue weighted by molar-refractivity contribution is 5.89. The number of carbonyl (C=O) groups excluding carboxylic acids is 2. The fourth-order valence-electron chi connectivity index (χ4n) is 5.97. The van der Waals surface area contributed by atoms with Gasteiger partial charge >= 0.3 is 12.1 Å². The molecule has 17 nitrogen and oxygen atoms in total. The summed E-state index contributed by atoms with van der Waals surface area (Å²) in [4.78, 5) is 54.7. The minimum Gasteiger partial charge on any atom is -0.464 e. The van der Waals surface area contributed by atoms with E-state index in [-0.39, 0.29) is 37.4 Å². The number of aryl methyl sites for hydroxylation is 2. The van der Waals surface area contributed by atoms with Gasteiger partial charge in [-0.25, -0.2) is 24.7 Å². The Balaban J connectivity index is 1.20. The Labute approximate surface area is 284 Å². The Bertz CT molecular complexity index is 2030. The van der Waals surface area contributed by atoms with Crippen LogP contribution in [0.3, 0.4) is 0 Å². The van der Waals surface area contributed by atoms with Crippen LogP contribution in [0.15, 0.2) is 59.4 Å². The third-order valence-electron chi connectivity index (χ3n) is 8.28. The maximum atomic E-state index is 13.6. The summed E-state index contributed by atoms with van der Waals surface area (Å²) >= 11 is 0. The molecule has 1 atom stereocenters. The number of pyridine rings is 1. The summed E-state index contributed by atoms with van der Waals surface area (Å²) in [6, 6.07) is 15.9. The number of hydrogen-bond acceptors (Lipinski definition) is 14. The van der Waals surface area contributed by atoms with Crippen molar-refractivity contribution in [2.24, 2.45) is 0 Å². The zero-order valence-corrected chi connectivity index (χ0v) is 27.4. The van der Waals surface area contributed by atoms with Crippen molar-refractivity contribution in [3.63, 3.8) is 0 Å². The molecule has 0 spiro atoms. The Morgan fingerprint density at radius 3 is 2.52 bits per heavy atom. The largest absolute Gasteiger partial charge is 0.464 e. The zero-order chi connectivity index (χ0) is 35.2. The van der Waals surface area contributed by atoms with Crippen LogP contribution in [-0.4, -0.2) is 93.7 Å². The minimum atomic E-state index is -0.849. The Kier molecular flexibility index (Phi) is 10.5. The average Bonchev–Trinajstić information content (AvgIpc) is 3.81. The van der Waals surface area contributed by atoms with Crippen molar-refractivity contribution in [3.8, 4) is 28.3 Å². The number of likely N-dealkylation sites (tertiary alicyclic amines) is 1. The SMILES string of the molecule is Cc1nc(C)c2c(OC(=O)N3CCCC3C(=O)OCCCCON(O)O)cc(=O)n(Cc3ccc(-c4ccccc4-c4nnn[nH]4)cc3)c2n1. The van der Waals surface area contributed by atoms with Gasteiger partial charge in [0.15, 0.2) is 17.2 Å². The van der Waals surface area contributed by atoms with Gasteiger partial charge < -0.3 is 9.47 Å². The highest BCUT2D eigenvalue weighted by Crippen LogP contribution is 2.31. The molecule has 6 rings (SSSR count). The quantitative estimate of drug-likeness (QED) is 0.0973. The van der Waals surface area contributed by atoms with Gasteiger partial charge in [-0.1, -0.05) is 48.5 Å². The van der Waals surface area contributed by atoms with E-state index in [2.05, 4.69) is 35.4 Å². The fraction of sp³-hybridized carbons (Fsp3) is 0.333. The molecule has 3 aromatic heterocycles. The van der Waals surface area contributed by atoms with Crippen LogP contribution >= 0.6 is 0 Å². The Hall–Kier alpha value is -5.62. The molecule has 0 radical (unpaired) electrons. The first-order chi connectivity index (χ1) is 24.2. The molecule has 260 valence electrons. The lowest BCUT2D eigenvalue weighted by atomic mass is 9.98. The molecule has 1 amide bonds. The first-order valence-electron chi connectivity index (χ1n) is 16.0. The van der Waals surface area contributed by atoms with E-state index in [1.807, 2.05) is 48.5 Å². The summed E-state index contributed by atoms with van der Waals surface area (Å²) in [5.41, 5.74) is 3.95. The molecule has 3 N–H and O–H groups in total. The van der Waals surface area contributed by atoms with Crippen LogP contribution in [0.1, 0.15) is 42.8 Å².